The first-order chi connectivity index (χ1) is 3.65. The molecule has 50 valence electrons. The van der Waals surface area contributed by atoms with Crippen molar-refractivity contribution < 1.29 is 10.2 Å². The van der Waals surface area contributed by atoms with E-state index >= 15 is 0 Å². The van der Waals surface area contributed by atoms with E-state index in [-0.39, 0.29) is 17.7 Å². The van der Waals surface area contributed by atoms with Crippen molar-refractivity contribution in [3.8, 4) is 0 Å². The van der Waals surface area contributed by atoms with Gasteiger partial charge in [-0.1, -0.05) is 29.8 Å². The van der Waals surface area contributed by atoms with Crippen molar-refractivity contribution in [1.82, 2.24) is 0 Å². The van der Waals surface area contributed by atoms with E-state index in [1.807, 2.05) is 0 Å². The zero-order valence-corrected chi connectivity index (χ0v) is 5.78. The minimum absolute atomic E-state index is 0.111. The molecule has 0 aliphatic heterocycles. The number of aliphatic hydroxyl groups is 2. The summed E-state index contributed by atoms with van der Waals surface area (Å²) in [6, 6.07) is 0. The number of hydrogen-bond acceptors (Lipinski definition) is 2. The SMILES string of the molecule is C=C(Cl)Cl.OCCO. The molecule has 4 heteroatoms. The van der Waals surface area contributed by atoms with Gasteiger partial charge in [-0.15, -0.1) is 0 Å². The van der Waals surface area contributed by atoms with Crippen molar-refractivity contribution in [3.05, 3.63) is 11.1 Å². The topological polar surface area (TPSA) is 40.5 Å². The highest BCUT2D eigenvalue weighted by Gasteiger charge is 1.60. The quantitative estimate of drug-likeness (QED) is 0.596. The van der Waals surface area contributed by atoms with Gasteiger partial charge < -0.3 is 10.2 Å². The standard InChI is InChI=1S/C2H2Cl2.C2H6O2/c1-2(3)4;3-1-2-4/h1H2;3-4H,1-2H2. The Morgan fingerprint density at radius 3 is 1.38 bits per heavy atom. The molecule has 0 aliphatic carbocycles. The molecule has 0 saturated heterocycles. The van der Waals surface area contributed by atoms with E-state index in [0.717, 1.165) is 0 Å². The van der Waals surface area contributed by atoms with E-state index in [1.54, 1.807) is 0 Å². The number of aliphatic hydroxyl groups excluding tert-OH is 2. The van der Waals surface area contributed by atoms with Crippen molar-refractivity contribution in [2.45, 2.75) is 0 Å². The highest BCUT2D eigenvalue weighted by atomic mass is 35.5. The summed E-state index contributed by atoms with van der Waals surface area (Å²) in [6.07, 6.45) is 0. The number of hydrogen-bond donors (Lipinski definition) is 2. The lowest BCUT2D eigenvalue weighted by atomic mass is 10.8. The molecule has 0 rings (SSSR count). The van der Waals surface area contributed by atoms with Gasteiger partial charge in [-0.2, -0.15) is 0 Å². The van der Waals surface area contributed by atoms with Crippen LogP contribution in [0.4, 0.5) is 0 Å². The van der Waals surface area contributed by atoms with Crippen molar-refractivity contribution in [1.29, 1.82) is 0 Å². The molecule has 0 aromatic rings. The first-order valence-corrected chi connectivity index (χ1v) is 2.62. The van der Waals surface area contributed by atoms with E-state index in [0.29, 0.717) is 0 Å². The second-order valence-electron chi connectivity index (χ2n) is 0.786. The Morgan fingerprint density at radius 2 is 1.38 bits per heavy atom. The van der Waals surface area contributed by atoms with Crippen molar-refractivity contribution in [3.63, 3.8) is 0 Å². The van der Waals surface area contributed by atoms with Crippen LogP contribution in [0.25, 0.3) is 0 Å². The third-order valence-electron chi connectivity index (χ3n) is 0.1000. The smallest absolute Gasteiger partial charge is 0.0992 e. The Labute approximate surface area is 58.3 Å². The number of halogens is 2. The molecule has 2 N–H and O–H groups in total. The molecule has 2 nitrogen and oxygen atoms in total. The third-order valence-corrected chi connectivity index (χ3v) is 0.1000. The summed E-state index contributed by atoms with van der Waals surface area (Å²) in [7, 11) is 0. The van der Waals surface area contributed by atoms with Crippen LogP contribution >= 0.6 is 23.2 Å². The van der Waals surface area contributed by atoms with Crippen LogP contribution in [0.3, 0.4) is 0 Å². The molecule has 0 fully saturated rings. The first kappa shape index (κ1) is 11.1. The van der Waals surface area contributed by atoms with Gasteiger partial charge in [-0.25, -0.2) is 0 Å². The maximum absolute atomic E-state index is 7.62. The predicted octanol–water partition coefficient (Wildman–Crippen LogP) is 0.906. The molecule has 0 amide bonds. The highest BCUT2D eigenvalue weighted by molar-refractivity contribution is 6.55. The van der Waals surface area contributed by atoms with E-state index in [1.165, 1.54) is 0 Å². The Kier molecular flexibility index (Phi) is 14.2. The Morgan fingerprint density at radius 1 is 1.25 bits per heavy atom. The van der Waals surface area contributed by atoms with E-state index in [9.17, 15) is 0 Å². The average Bonchev–Trinajstić information content (AvgIpc) is 1.65. The van der Waals surface area contributed by atoms with Crippen LogP contribution in [0, 0.1) is 0 Å². The van der Waals surface area contributed by atoms with Gasteiger partial charge in [0.25, 0.3) is 0 Å². The highest BCUT2D eigenvalue weighted by Crippen LogP contribution is 1.98. The number of rotatable bonds is 1. The van der Waals surface area contributed by atoms with Crippen LogP contribution < -0.4 is 0 Å². The van der Waals surface area contributed by atoms with Gasteiger partial charge in [0.15, 0.2) is 0 Å². The second-order valence-corrected chi connectivity index (χ2v) is 1.89. The molecule has 0 saturated carbocycles. The summed E-state index contributed by atoms with van der Waals surface area (Å²) in [6.45, 7) is 2.84. The average molecular weight is 159 g/mol. The molecular weight excluding hydrogens is 151 g/mol. The Hall–Kier alpha value is 0.240. The lowest BCUT2D eigenvalue weighted by Crippen LogP contribution is -1.85. The summed E-state index contributed by atoms with van der Waals surface area (Å²) >= 11 is 9.69. The summed E-state index contributed by atoms with van der Waals surface area (Å²) in [5.41, 5.74) is 0. The molecule has 0 atom stereocenters. The van der Waals surface area contributed by atoms with Gasteiger partial charge >= 0.3 is 0 Å². The summed E-state index contributed by atoms with van der Waals surface area (Å²) < 4.78 is 0.111. The molecule has 0 radical (unpaired) electrons. The molecular formula is C4H8Cl2O2. The fourth-order valence-electron chi connectivity index (χ4n) is 0. The minimum atomic E-state index is -0.125. The second kappa shape index (κ2) is 10.3. The van der Waals surface area contributed by atoms with Gasteiger partial charge in [0.05, 0.1) is 17.7 Å². The van der Waals surface area contributed by atoms with Gasteiger partial charge in [0.1, 0.15) is 0 Å². The van der Waals surface area contributed by atoms with Crippen LogP contribution in [0.15, 0.2) is 11.1 Å². The normalized spacial score (nSPS) is 7.00. The molecule has 0 spiro atoms. The molecule has 0 bridgehead atoms. The zero-order valence-electron chi connectivity index (χ0n) is 4.27. The van der Waals surface area contributed by atoms with Crippen LogP contribution in [-0.2, 0) is 0 Å². The van der Waals surface area contributed by atoms with Gasteiger partial charge in [-0.05, 0) is 0 Å². The summed E-state index contributed by atoms with van der Waals surface area (Å²) in [5, 5.41) is 15.2. The lowest BCUT2D eigenvalue weighted by molar-refractivity contribution is 0.186. The van der Waals surface area contributed by atoms with Crippen LogP contribution in [0.5, 0.6) is 0 Å². The van der Waals surface area contributed by atoms with Gasteiger partial charge in [0, 0.05) is 0 Å². The summed E-state index contributed by atoms with van der Waals surface area (Å²) in [5.74, 6) is 0. The van der Waals surface area contributed by atoms with Crippen LogP contribution in [-0.4, -0.2) is 23.4 Å². The van der Waals surface area contributed by atoms with Crippen molar-refractivity contribution in [2.24, 2.45) is 0 Å². The van der Waals surface area contributed by atoms with Crippen molar-refractivity contribution >= 4 is 23.2 Å². The zero-order chi connectivity index (χ0) is 6.99. The lowest BCUT2D eigenvalue weighted by Gasteiger charge is -1.70. The Balaban J connectivity index is 0. The fraction of sp³-hybridized carbons (Fsp3) is 0.500. The Bertz CT molecular complexity index is 50.0. The van der Waals surface area contributed by atoms with E-state index in [4.69, 9.17) is 33.4 Å². The molecule has 0 unspecified atom stereocenters. The molecule has 0 aliphatic rings. The van der Waals surface area contributed by atoms with Crippen LogP contribution in [0.1, 0.15) is 0 Å². The summed E-state index contributed by atoms with van der Waals surface area (Å²) in [4.78, 5) is 0. The van der Waals surface area contributed by atoms with E-state index in [2.05, 4.69) is 6.58 Å². The van der Waals surface area contributed by atoms with Crippen molar-refractivity contribution in [2.75, 3.05) is 13.2 Å². The maximum Gasteiger partial charge on any atom is 0.0992 e. The van der Waals surface area contributed by atoms with Crippen LogP contribution in [0.2, 0.25) is 0 Å². The maximum atomic E-state index is 7.62. The molecule has 0 aromatic heterocycles. The van der Waals surface area contributed by atoms with Gasteiger partial charge in [-0.3, -0.25) is 0 Å². The fourth-order valence-corrected chi connectivity index (χ4v) is 0. The molecule has 8 heavy (non-hydrogen) atoms. The monoisotopic (exact) mass is 158 g/mol. The minimum Gasteiger partial charge on any atom is -0.394 e. The molecule has 0 aromatic carbocycles. The predicted molar refractivity (Wildman–Crippen MR) is 35.0 cm³/mol. The van der Waals surface area contributed by atoms with Gasteiger partial charge in [0.2, 0.25) is 0 Å². The third kappa shape index (κ3) is 111. The largest absolute Gasteiger partial charge is 0.394 e. The molecule has 0 heterocycles. The first-order valence-electron chi connectivity index (χ1n) is 1.86. The van der Waals surface area contributed by atoms with E-state index < -0.39 is 0 Å².